The number of alkyl carbamates (subject to hydrolysis) is 1. The number of halogens is 4. The van der Waals surface area contributed by atoms with Crippen molar-refractivity contribution >= 4 is 23.7 Å². The summed E-state index contributed by atoms with van der Waals surface area (Å²) in [6.07, 6.45) is 3.80. The molecule has 0 aromatic heterocycles. The van der Waals surface area contributed by atoms with Crippen molar-refractivity contribution in [3.63, 3.8) is 0 Å². The fourth-order valence-electron chi connectivity index (χ4n) is 6.54. The molecule has 11 heteroatoms. The molecule has 0 spiro atoms. The lowest BCUT2D eigenvalue weighted by atomic mass is 9.66. The molecule has 0 saturated heterocycles. The second-order valence-corrected chi connectivity index (χ2v) is 12.6. The van der Waals surface area contributed by atoms with Crippen molar-refractivity contribution in [2.75, 3.05) is 12.4 Å². The first-order valence-corrected chi connectivity index (χ1v) is 14.9. The quantitative estimate of drug-likeness (QED) is 0.235. The summed E-state index contributed by atoms with van der Waals surface area (Å²) in [4.78, 5) is 38.9. The van der Waals surface area contributed by atoms with Crippen molar-refractivity contribution in [2.24, 2.45) is 17.8 Å². The highest BCUT2D eigenvalue weighted by molar-refractivity contribution is 5.97. The van der Waals surface area contributed by atoms with E-state index >= 15 is 4.39 Å². The average Bonchev–Trinajstić information content (AvgIpc) is 2.92. The molecule has 2 aliphatic rings. The molecule has 1 aromatic rings. The van der Waals surface area contributed by atoms with Gasteiger partial charge in [-0.3, -0.25) is 9.59 Å². The third-order valence-corrected chi connectivity index (χ3v) is 8.45. The van der Waals surface area contributed by atoms with Gasteiger partial charge in [0.2, 0.25) is 5.91 Å². The zero-order valence-corrected chi connectivity index (χ0v) is 25.2. The number of ether oxygens (including phenoxy) is 2. The van der Waals surface area contributed by atoms with Gasteiger partial charge < -0.3 is 20.1 Å². The monoisotopic (exact) mass is 600 g/mol. The number of benzene rings is 1. The summed E-state index contributed by atoms with van der Waals surface area (Å²) < 4.78 is 67.5. The van der Waals surface area contributed by atoms with E-state index in [4.69, 9.17) is 4.74 Å². The van der Waals surface area contributed by atoms with Gasteiger partial charge in [0.1, 0.15) is 17.5 Å². The number of methoxy groups -OCH3 is 1. The van der Waals surface area contributed by atoms with E-state index in [2.05, 4.69) is 15.4 Å². The number of carbonyl (C=O) groups is 3. The first kappa shape index (κ1) is 33.6. The van der Waals surface area contributed by atoms with Gasteiger partial charge in [-0.25, -0.2) is 9.18 Å². The summed E-state index contributed by atoms with van der Waals surface area (Å²) in [6, 6.07) is -0.0350. The molecular formula is C31H44F4N2O5. The number of nitrogens with one attached hydrogen (secondary N) is 2. The second-order valence-electron chi connectivity index (χ2n) is 12.6. The molecular weight excluding hydrogens is 556 g/mol. The number of hydrogen-bond acceptors (Lipinski definition) is 5. The Labute approximate surface area is 245 Å². The van der Waals surface area contributed by atoms with Crippen LogP contribution in [0.1, 0.15) is 109 Å². The second kappa shape index (κ2) is 14.1. The smallest absolute Gasteiger partial charge is 0.416 e. The summed E-state index contributed by atoms with van der Waals surface area (Å²) in [5, 5.41) is 5.08. The minimum atomic E-state index is -4.94. The Morgan fingerprint density at radius 1 is 0.905 bits per heavy atom. The Kier molecular flexibility index (Phi) is 11.3. The van der Waals surface area contributed by atoms with E-state index in [9.17, 15) is 27.6 Å². The van der Waals surface area contributed by atoms with E-state index in [1.54, 1.807) is 20.8 Å². The minimum absolute atomic E-state index is 0.117. The molecule has 2 amide bonds. The molecule has 0 heterocycles. The molecule has 2 N–H and O–H groups in total. The van der Waals surface area contributed by atoms with E-state index in [0.717, 1.165) is 71.3 Å². The maximum Gasteiger partial charge on any atom is 0.416 e. The topological polar surface area (TPSA) is 93.7 Å². The molecule has 2 aliphatic carbocycles. The van der Waals surface area contributed by atoms with E-state index in [1.165, 1.54) is 6.92 Å². The van der Waals surface area contributed by atoms with Crippen LogP contribution in [-0.4, -0.2) is 36.7 Å². The summed E-state index contributed by atoms with van der Waals surface area (Å²) in [7, 11) is 1.03. The van der Waals surface area contributed by atoms with Crippen molar-refractivity contribution in [3.05, 3.63) is 29.1 Å². The maximum absolute atomic E-state index is 15.3. The number of carbonyl (C=O) groups excluding carboxylic acids is 3. The van der Waals surface area contributed by atoms with Crippen LogP contribution in [0.3, 0.4) is 0 Å². The molecule has 1 aromatic carbocycles. The van der Waals surface area contributed by atoms with Gasteiger partial charge in [0, 0.05) is 0 Å². The van der Waals surface area contributed by atoms with E-state index in [1.807, 2.05) is 0 Å². The molecule has 0 bridgehead atoms. The summed E-state index contributed by atoms with van der Waals surface area (Å²) >= 11 is 0. The third kappa shape index (κ3) is 8.83. The van der Waals surface area contributed by atoms with Gasteiger partial charge in [-0.15, -0.1) is 0 Å². The first-order valence-electron chi connectivity index (χ1n) is 14.9. The molecule has 3 rings (SSSR count). The average molecular weight is 601 g/mol. The van der Waals surface area contributed by atoms with Crippen LogP contribution in [0.25, 0.3) is 0 Å². The van der Waals surface area contributed by atoms with Crippen LogP contribution in [0.4, 0.5) is 28.0 Å². The zero-order valence-electron chi connectivity index (χ0n) is 25.2. The molecule has 2 fully saturated rings. The van der Waals surface area contributed by atoms with Gasteiger partial charge in [-0.1, -0.05) is 64.2 Å². The van der Waals surface area contributed by atoms with Gasteiger partial charge in [0.25, 0.3) is 0 Å². The van der Waals surface area contributed by atoms with Crippen LogP contribution in [0.5, 0.6) is 0 Å². The molecule has 236 valence electrons. The molecule has 2 saturated carbocycles. The molecule has 42 heavy (non-hydrogen) atoms. The van der Waals surface area contributed by atoms with Crippen LogP contribution in [-0.2, 0) is 25.2 Å². The van der Waals surface area contributed by atoms with Crippen molar-refractivity contribution in [1.29, 1.82) is 0 Å². The molecule has 7 nitrogen and oxygen atoms in total. The van der Waals surface area contributed by atoms with Gasteiger partial charge in [-0.05, 0) is 63.1 Å². The van der Waals surface area contributed by atoms with Crippen molar-refractivity contribution in [3.8, 4) is 0 Å². The molecule has 2 unspecified atom stereocenters. The van der Waals surface area contributed by atoms with E-state index < -0.39 is 64.3 Å². The number of rotatable bonds is 8. The fraction of sp³-hybridized carbons (Fsp3) is 0.710. The van der Waals surface area contributed by atoms with Crippen molar-refractivity contribution in [1.82, 2.24) is 5.32 Å². The highest BCUT2D eigenvalue weighted by atomic mass is 19.4. The highest BCUT2D eigenvalue weighted by Gasteiger charge is 2.43. The predicted molar refractivity (Wildman–Crippen MR) is 150 cm³/mol. The number of amides is 2. The van der Waals surface area contributed by atoms with Gasteiger partial charge in [0.15, 0.2) is 0 Å². The first-order chi connectivity index (χ1) is 19.6. The normalized spacial score (nSPS) is 18.7. The van der Waals surface area contributed by atoms with Crippen molar-refractivity contribution in [2.45, 2.75) is 116 Å². The van der Waals surface area contributed by atoms with Crippen molar-refractivity contribution < 1.29 is 41.4 Å². The lowest BCUT2D eigenvalue weighted by Gasteiger charge is -2.42. The summed E-state index contributed by atoms with van der Waals surface area (Å²) in [6.45, 7) is 6.25. The highest BCUT2D eigenvalue weighted by Crippen LogP contribution is 2.43. The third-order valence-electron chi connectivity index (χ3n) is 8.45. The van der Waals surface area contributed by atoms with Crippen LogP contribution in [0.15, 0.2) is 12.1 Å². The van der Waals surface area contributed by atoms with Gasteiger partial charge >= 0.3 is 18.2 Å². The molecule has 0 radical (unpaired) electrons. The van der Waals surface area contributed by atoms with Gasteiger partial charge in [0.05, 0.1) is 24.3 Å². The molecule has 0 aliphatic heterocycles. The van der Waals surface area contributed by atoms with Gasteiger partial charge in [-0.2, -0.15) is 13.2 Å². The maximum atomic E-state index is 15.3. The van der Waals surface area contributed by atoms with E-state index in [-0.39, 0.29) is 17.8 Å². The minimum Gasteiger partial charge on any atom is -0.469 e. The fourth-order valence-corrected chi connectivity index (χ4v) is 6.54. The Hall–Kier alpha value is -2.85. The Morgan fingerprint density at radius 3 is 1.88 bits per heavy atom. The van der Waals surface area contributed by atoms with Crippen LogP contribution in [0.2, 0.25) is 0 Å². The largest absolute Gasteiger partial charge is 0.469 e. The Balaban J connectivity index is 2.03. The summed E-state index contributed by atoms with van der Waals surface area (Å²) in [5.41, 5.74) is -3.40. The lowest BCUT2D eigenvalue weighted by Crippen LogP contribution is -2.54. The number of esters is 1. The predicted octanol–water partition coefficient (Wildman–Crippen LogP) is 7.73. The van der Waals surface area contributed by atoms with Crippen LogP contribution >= 0.6 is 0 Å². The molecule has 2 atom stereocenters. The van der Waals surface area contributed by atoms with Crippen LogP contribution in [0, 0.1) is 23.6 Å². The number of hydrogen-bond donors (Lipinski definition) is 2. The zero-order chi connectivity index (χ0) is 31.2. The lowest BCUT2D eigenvalue weighted by molar-refractivity contribution is -0.143. The number of alkyl halides is 3. The SMILES string of the molecule is COC(=O)C(C)c1cc(F)c(NC(=O)C(NC(=O)OC(C)(C)C)C(C2CCCCC2)C2CCCCC2)cc1C(F)(F)F. The number of anilines is 1. The summed E-state index contributed by atoms with van der Waals surface area (Å²) in [5.74, 6) is -4.34. The standard InChI is InChI=1S/C31H44F4N2O5/c1-18(28(39)41-5)21-16-23(32)24(17-22(21)31(33,34)35)36-27(38)26(37-29(40)42-30(2,3)4)25(19-12-8-6-9-13-19)20-14-10-7-11-15-20/h16-20,25-26H,6-15H2,1-5H3,(H,36,38)(H,37,40). The van der Waals surface area contributed by atoms with Crippen LogP contribution < -0.4 is 10.6 Å². The Bertz CT molecular complexity index is 1090. The Morgan fingerprint density at radius 2 is 1.43 bits per heavy atom. The van der Waals surface area contributed by atoms with E-state index in [0.29, 0.717) is 12.1 Å².